The van der Waals surface area contributed by atoms with Crippen molar-refractivity contribution >= 4 is 5.97 Å². The second kappa shape index (κ2) is 9.99. The number of carbonyl (C=O) groups excluding carboxylic acids is 1. The van der Waals surface area contributed by atoms with Crippen LogP contribution in [0, 0.1) is 29.6 Å². The molecule has 2 saturated carbocycles. The van der Waals surface area contributed by atoms with E-state index in [4.69, 9.17) is 15.9 Å². The minimum absolute atomic E-state index is 0. The Kier molecular flexibility index (Phi) is 7.85. The fourth-order valence-corrected chi connectivity index (χ4v) is 7.16. The molecule has 3 aliphatic carbocycles. The van der Waals surface area contributed by atoms with Gasteiger partial charge in [-0.1, -0.05) is 18.9 Å². The summed E-state index contributed by atoms with van der Waals surface area (Å²) in [5.74, 6) is 2.56. The molecule has 8 nitrogen and oxygen atoms in total. The number of aliphatic hydroxyl groups excluding tert-OH is 3. The van der Waals surface area contributed by atoms with Gasteiger partial charge in [0.05, 0.1) is 5.97 Å². The third-order valence-electron chi connectivity index (χ3n) is 9.14. The van der Waals surface area contributed by atoms with Crippen molar-refractivity contribution in [2.45, 2.75) is 87.7 Å². The van der Waals surface area contributed by atoms with Crippen LogP contribution < -0.4 is 61.2 Å². The van der Waals surface area contributed by atoms with E-state index >= 15 is 0 Å². The van der Waals surface area contributed by atoms with Gasteiger partial charge < -0.3 is 39.8 Å². The van der Waals surface area contributed by atoms with Crippen molar-refractivity contribution in [1.82, 2.24) is 0 Å². The largest absolute Gasteiger partial charge is 1.00 e. The van der Waals surface area contributed by atoms with Gasteiger partial charge >= 0.3 is 51.4 Å². The van der Waals surface area contributed by atoms with Crippen LogP contribution in [-0.4, -0.2) is 62.7 Å². The summed E-state index contributed by atoms with van der Waals surface area (Å²) in [5, 5.41) is 52.4. The number of rotatable bonds is 3. The van der Waals surface area contributed by atoms with Gasteiger partial charge in [-0.15, -0.1) is 6.42 Å². The summed E-state index contributed by atoms with van der Waals surface area (Å²) in [7, 11) is 0. The molecule has 10 atom stereocenters. The van der Waals surface area contributed by atoms with Gasteiger partial charge in [-0.25, -0.2) is 0 Å². The zero-order chi connectivity index (χ0) is 24.4. The maximum atomic E-state index is 11.2. The summed E-state index contributed by atoms with van der Waals surface area (Å²) in [6.45, 7) is 2.15. The van der Waals surface area contributed by atoms with Crippen LogP contribution in [0.3, 0.4) is 0 Å². The molecule has 0 aromatic heterocycles. The first kappa shape index (κ1) is 27.5. The van der Waals surface area contributed by atoms with Gasteiger partial charge in [-0.3, -0.25) is 0 Å². The second-order valence-electron chi connectivity index (χ2n) is 10.6. The number of terminal acetylenes is 1. The van der Waals surface area contributed by atoms with Crippen LogP contribution in [0.25, 0.3) is 0 Å². The van der Waals surface area contributed by atoms with Crippen LogP contribution in [0.1, 0.15) is 56.1 Å². The predicted octanol–water partition coefficient (Wildman–Crippen LogP) is -3.15. The first-order valence-electron chi connectivity index (χ1n) is 12.0. The van der Waals surface area contributed by atoms with E-state index in [1.807, 2.05) is 12.1 Å². The van der Waals surface area contributed by atoms with Crippen molar-refractivity contribution < 1.29 is 91.2 Å². The number of hydrogen-bond acceptors (Lipinski definition) is 8. The number of carboxylic acids is 1. The van der Waals surface area contributed by atoms with E-state index in [1.54, 1.807) is 6.07 Å². The molecule has 184 valence electrons. The summed E-state index contributed by atoms with van der Waals surface area (Å²) in [5.41, 5.74) is 1.06. The molecular formula is C26H31KO8. The fourth-order valence-electron chi connectivity index (χ4n) is 7.16. The van der Waals surface area contributed by atoms with Gasteiger partial charge in [-0.05, 0) is 79.5 Å². The van der Waals surface area contributed by atoms with Crippen LogP contribution in [-0.2, 0) is 16.0 Å². The molecule has 0 radical (unpaired) electrons. The van der Waals surface area contributed by atoms with Crippen molar-refractivity contribution in [2.75, 3.05) is 0 Å². The Balaban J connectivity index is 0.00000289. The van der Waals surface area contributed by atoms with E-state index in [2.05, 4.69) is 12.8 Å². The number of benzene rings is 1. The smallest absolute Gasteiger partial charge is 0.547 e. The van der Waals surface area contributed by atoms with Crippen molar-refractivity contribution in [3.05, 3.63) is 29.3 Å². The maximum Gasteiger partial charge on any atom is 1.00 e. The molecule has 1 aromatic carbocycles. The monoisotopic (exact) mass is 510 g/mol. The van der Waals surface area contributed by atoms with Crippen LogP contribution in [0.2, 0.25) is 0 Å². The van der Waals surface area contributed by atoms with Gasteiger partial charge in [0.25, 0.3) is 0 Å². The van der Waals surface area contributed by atoms with Gasteiger partial charge in [0.15, 0.2) is 0 Å². The first-order valence-corrected chi connectivity index (χ1v) is 12.0. The summed E-state index contributed by atoms with van der Waals surface area (Å²) in [4.78, 5) is 11.2. The van der Waals surface area contributed by atoms with Crippen molar-refractivity contribution in [3.63, 3.8) is 0 Å². The van der Waals surface area contributed by atoms with Crippen molar-refractivity contribution in [1.29, 1.82) is 0 Å². The molecule has 1 aliphatic heterocycles. The molecule has 1 aromatic rings. The Morgan fingerprint density at radius 2 is 1.91 bits per heavy atom. The van der Waals surface area contributed by atoms with Gasteiger partial charge in [0.2, 0.25) is 6.29 Å². The van der Waals surface area contributed by atoms with Crippen molar-refractivity contribution in [3.8, 4) is 18.1 Å². The molecule has 0 spiro atoms. The van der Waals surface area contributed by atoms with Gasteiger partial charge in [-0.2, -0.15) is 0 Å². The Morgan fingerprint density at radius 3 is 2.60 bits per heavy atom. The summed E-state index contributed by atoms with van der Waals surface area (Å²) < 4.78 is 10.9. The summed E-state index contributed by atoms with van der Waals surface area (Å²) in [6.07, 6.45) is 2.45. The topological polar surface area (TPSA) is 140 Å². The number of ether oxygens (including phenoxy) is 2. The fraction of sp³-hybridized carbons (Fsp3) is 0.654. The molecule has 9 heteroatoms. The molecular weight excluding hydrogens is 479 g/mol. The predicted molar refractivity (Wildman–Crippen MR) is 117 cm³/mol. The van der Waals surface area contributed by atoms with Crippen LogP contribution >= 0.6 is 0 Å². The van der Waals surface area contributed by atoms with E-state index in [1.165, 1.54) is 5.56 Å². The Labute approximate surface area is 247 Å². The molecule has 3 unspecified atom stereocenters. The Bertz CT molecular complexity index is 1030. The average molecular weight is 511 g/mol. The number of aryl methyl sites for hydroxylation is 1. The number of aliphatic carboxylic acids is 1. The van der Waals surface area contributed by atoms with E-state index in [0.29, 0.717) is 29.9 Å². The average Bonchev–Trinajstić information content (AvgIpc) is 3.10. The van der Waals surface area contributed by atoms with E-state index in [-0.39, 0.29) is 56.8 Å². The summed E-state index contributed by atoms with van der Waals surface area (Å²) >= 11 is 0. The Morgan fingerprint density at radius 1 is 1.17 bits per heavy atom. The molecule has 3 fully saturated rings. The van der Waals surface area contributed by atoms with Gasteiger partial charge in [0, 0.05) is 5.41 Å². The molecule has 5 rings (SSSR count). The van der Waals surface area contributed by atoms with E-state index in [9.17, 15) is 30.3 Å². The Hall–Kier alpha value is -0.514. The number of carbonyl (C=O) groups is 1. The SMILES string of the molecule is C#C[C@]1(O)CCC2C3CCc4cc(O[C@H]5O[C@H](C(=O)[O-])[C@@H](O)[C@H](O)[C@H]5O)ccc4C3CC[C@@]21C.[K+]. The van der Waals surface area contributed by atoms with Crippen LogP contribution in [0.4, 0.5) is 0 Å². The number of carboxylic acid groups (broad SMARTS) is 1. The van der Waals surface area contributed by atoms with E-state index in [0.717, 1.165) is 37.7 Å². The number of fused-ring (bicyclic) bond motifs is 5. The van der Waals surface area contributed by atoms with Crippen LogP contribution in [0.5, 0.6) is 5.75 Å². The normalized spacial score (nSPS) is 44.1. The zero-order valence-corrected chi connectivity index (χ0v) is 23.2. The molecule has 4 aliphatic rings. The minimum atomic E-state index is -1.82. The summed E-state index contributed by atoms with van der Waals surface area (Å²) in [6, 6.07) is 5.62. The second-order valence-corrected chi connectivity index (χ2v) is 10.6. The quantitative estimate of drug-likeness (QED) is 0.247. The molecule has 0 bridgehead atoms. The van der Waals surface area contributed by atoms with Gasteiger partial charge in [0.1, 0.15) is 35.8 Å². The molecule has 35 heavy (non-hydrogen) atoms. The molecule has 4 N–H and O–H groups in total. The van der Waals surface area contributed by atoms with Crippen molar-refractivity contribution in [2.24, 2.45) is 17.3 Å². The zero-order valence-electron chi connectivity index (χ0n) is 20.1. The number of hydrogen-bond donors (Lipinski definition) is 4. The standard InChI is InChI=1S/C26H32O8.K/c1-3-26(32)11-9-18-17-6-4-13-12-14(5-7-15(13)16(17)8-10-25(18,26)2)33-24-21(29)19(27)20(28)22(34-24)23(30)31;/h1,5,7,12,16-22,24,27-29,32H,4,6,8-11H2,2H3,(H,30,31);/q;+1/p-1/t16?,17?,18?,19-,20-,21+,22-,24-,25-,26-;/m0./s1. The molecule has 1 saturated heterocycles. The maximum absolute atomic E-state index is 11.2. The van der Waals surface area contributed by atoms with Crippen LogP contribution in [0.15, 0.2) is 18.2 Å². The third kappa shape index (κ3) is 4.34. The third-order valence-corrected chi connectivity index (χ3v) is 9.14. The number of aliphatic hydroxyl groups is 4. The molecule has 1 heterocycles. The minimum Gasteiger partial charge on any atom is -0.547 e. The first-order chi connectivity index (χ1) is 16.1. The molecule has 0 amide bonds. The van der Waals surface area contributed by atoms with E-state index < -0.39 is 42.3 Å².